The third-order valence-corrected chi connectivity index (χ3v) is 18.6. The first kappa shape index (κ1) is 60.1. The minimum Gasteiger partial charge on any atom is -0.462 e. The van der Waals surface area contributed by atoms with Gasteiger partial charge in [0.2, 0.25) is 5.60 Å². The number of rotatable bonds is 12. The van der Waals surface area contributed by atoms with Crippen LogP contribution in [0.3, 0.4) is 0 Å². The number of likely N-dealkylation sites (tertiary alicyclic amines) is 2. The average Bonchev–Trinajstić information content (AvgIpc) is 1.42. The van der Waals surface area contributed by atoms with E-state index in [0.717, 1.165) is 47.5 Å². The van der Waals surface area contributed by atoms with E-state index in [4.69, 9.17) is 47.0 Å². The first-order valence-electron chi connectivity index (χ1n) is 29.2. The Labute approximate surface area is 506 Å². The standard InChI is InChI=1S/C61H64ClF5N12O9/c1-7-60(38-22-43-50-36(25-79(43)55(81)37(38)28-85-56(60)82)45-41(68)13-12-34-31(4)40(63)23-42(70-50)46(34)45)88-58(83)75(6)24-32-10-9-15-78(32)59(84)87-26-30(3)54(80)77-18-16-76(17-19-77)53-35-21-39(62)47(52-48(61(65,66)67)29(2)20-44(69)71-52)49(64)51(35)72-57(73-53)86-27-33-11-8-14-74(33)5/h20-23,32-33,41H,3,7-19,24-28,68H2,1-2,4-6H3,(H2,69,71)/t32-,33-,41-,60-/m0/s1. The lowest BCUT2D eigenvalue weighted by atomic mass is 9.82. The van der Waals surface area contributed by atoms with E-state index in [-0.39, 0.29) is 122 Å². The molecule has 3 fully saturated rings. The number of nitrogens with two attached hydrogens (primary N) is 2. The van der Waals surface area contributed by atoms with Gasteiger partial charge in [-0.2, -0.15) is 23.1 Å². The molecule has 0 unspecified atom stereocenters. The summed E-state index contributed by atoms with van der Waals surface area (Å²) in [6.45, 7) is 9.42. The summed E-state index contributed by atoms with van der Waals surface area (Å²) < 4.78 is 101. The van der Waals surface area contributed by atoms with Gasteiger partial charge < -0.3 is 59.5 Å². The van der Waals surface area contributed by atoms with Crippen molar-refractivity contribution in [1.82, 2.24) is 44.1 Å². The highest BCUT2D eigenvalue weighted by molar-refractivity contribution is 6.34. The fourth-order valence-electron chi connectivity index (χ4n) is 13.5. The quantitative estimate of drug-likeness (QED) is 0.0506. The SMILES string of the molecule is C=C(COC(=O)N1CCC[C@H]1CN(C)C(=O)O[C@]1(CC)C(=O)OCc2c1cc1n(c2=O)Cc2c-1nc1cc(F)c(C)c3c1c2[C@@H](N)CC3)C(=O)N1CCN(c2nc(OC[C@@H]3CCCN3C)nc3c(F)c(-c4nc(N)cc(C)c4C(F)(F)F)c(Cl)cc23)CC1. The van der Waals surface area contributed by atoms with Gasteiger partial charge in [-0.3, -0.25) is 9.59 Å². The Bertz CT molecular complexity index is 4030. The monoisotopic (exact) mass is 1240 g/mol. The van der Waals surface area contributed by atoms with E-state index in [0.29, 0.717) is 48.2 Å². The Kier molecular flexibility index (Phi) is 15.5. The van der Waals surface area contributed by atoms with Crippen LogP contribution in [0.2, 0.25) is 5.02 Å². The van der Waals surface area contributed by atoms with Crippen LogP contribution in [0.15, 0.2) is 41.2 Å². The summed E-state index contributed by atoms with van der Waals surface area (Å²) >= 11 is 6.68. The topological polar surface area (TPSA) is 247 Å². The van der Waals surface area contributed by atoms with E-state index in [1.807, 2.05) is 7.05 Å². The second-order valence-corrected chi connectivity index (χ2v) is 24.0. The number of halogens is 6. The number of carbonyl (C=O) groups excluding carboxylic acids is 4. The van der Waals surface area contributed by atoms with Crippen LogP contribution >= 0.6 is 11.6 Å². The highest BCUT2D eigenvalue weighted by Crippen LogP contribution is 2.48. The Balaban J connectivity index is 0.708. The Hall–Kier alpha value is -8.23. The molecule has 0 radical (unpaired) electrons. The summed E-state index contributed by atoms with van der Waals surface area (Å²) in [5.41, 5.74) is 11.1. The van der Waals surface area contributed by atoms with Crippen molar-refractivity contribution in [3.8, 4) is 28.7 Å². The molecule has 6 aromatic rings. The smallest absolute Gasteiger partial charge is 0.418 e. The maximum Gasteiger partial charge on any atom is 0.418 e. The van der Waals surface area contributed by atoms with Gasteiger partial charge in [0.15, 0.2) is 5.82 Å². The van der Waals surface area contributed by atoms with Crippen molar-refractivity contribution in [1.29, 1.82) is 0 Å². The number of hydrogen-bond donors (Lipinski definition) is 2. The maximum atomic E-state index is 17.0. The Morgan fingerprint density at radius 2 is 1.67 bits per heavy atom. The van der Waals surface area contributed by atoms with Gasteiger partial charge in [-0.1, -0.05) is 25.1 Å². The number of aryl methyl sites for hydroxylation is 2. The van der Waals surface area contributed by atoms with Gasteiger partial charge in [0.25, 0.3) is 11.5 Å². The number of anilines is 2. The molecule has 0 saturated carbocycles. The average molecular weight is 1240 g/mol. The zero-order valence-electron chi connectivity index (χ0n) is 49.0. The van der Waals surface area contributed by atoms with Crippen LogP contribution in [-0.2, 0) is 55.1 Å². The second kappa shape index (κ2) is 22.7. The van der Waals surface area contributed by atoms with Gasteiger partial charge in [-0.05, 0) is 113 Å². The number of fused-ring (bicyclic) bond motifs is 6. The number of alkyl halides is 3. The molecule has 4 atom stereocenters. The van der Waals surface area contributed by atoms with E-state index in [1.165, 1.54) is 45.4 Å². The fraction of sp³-hybridized carbons (Fsp3) is 0.459. The number of hydrogen-bond acceptors (Lipinski definition) is 17. The van der Waals surface area contributed by atoms with Crippen LogP contribution in [0, 0.1) is 25.5 Å². The zero-order chi connectivity index (χ0) is 62.6. The molecule has 12 rings (SSSR count). The summed E-state index contributed by atoms with van der Waals surface area (Å²) in [6, 6.07) is 4.13. The number of aromatic nitrogens is 5. The maximum absolute atomic E-state index is 17.0. The zero-order valence-corrected chi connectivity index (χ0v) is 49.8. The molecule has 3 amide bonds. The number of benzene rings is 2. The first-order valence-corrected chi connectivity index (χ1v) is 29.6. The molecule has 27 heteroatoms. The van der Waals surface area contributed by atoms with Crippen LogP contribution in [0.4, 0.5) is 43.2 Å². The molecule has 88 heavy (non-hydrogen) atoms. The van der Waals surface area contributed by atoms with E-state index in [2.05, 4.69) is 26.4 Å². The number of cyclic esters (lactones) is 1. The molecule has 3 saturated heterocycles. The second-order valence-electron chi connectivity index (χ2n) is 23.5. The molecule has 0 bridgehead atoms. The lowest BCUT2D eigenvalue weighted by molar-refractivity contribution is -0.173. The number of amides is 3. The molecule has 464 valence electrons. The molecule has 1 aliphatic carbocycles. The van der Waals surface area contributed by atoms with Crippen LogP contribution in [0.1, 0.15) is 96.0 Å². The molecule has 21 nitrogen and oxygen atoms in total. The highest BCUT2D eigenvalue weighted by atomic mass is 35.5. The number of likely N-dealkylation sites (N-methyl/N-ethyl adjacent to an activating group) is 2. The summed E-state index contributed by atoms with van der Waals surface area (Å²) in [7, 11) is 3.39. The third kappa shape index (κ3) is 10.2. The number of pyridine rings is 3. The number of ether oxygens (including phenoxy) is 4. The normalized spacial score (nSPS) is 20.7. The van der Waals surface area contributed by atoms with Crippen LogP contribution < -0.4 is 26.7 Å². The summed E-state index contributed by atoms with van der Waals surface area (Å²) in [5.74, 6) is -3.11. The predicted molar refractivity (Wildman–Crippen MR) is 313 cm³/mol. The van der Waals surface area contributed by atoms with Gasteiger partial charge in [0.1, 0.15) is 42.8 Å². The van der Waals surface area contributed by atoms with Gasteiger partial charge in [0.05, 0.1) is 56.9 Å². The van der Waals surface area contributed by atoms with Crippen LogP contribution in [0.5, 0.6) is 6.01 Å². The molecular weight excluding hydrogens is 1180 g/mol. The number of nitrogen functional groups attached to an aromatic ring is 1. The van der Waals surface area contributed by atoms with Gasteiger partial charge in [0, 0.05) is 91.9 Å². The van der Waals surface area contributed by atoms with Crippen molar-refractivity contribution in [2.75, 3.05) is 83.8 Å². The summed E-state index contributed by atoms with van der Waals surface area (Å²) in [4.78, 5) is 96.1. The van der Waals surface area contributed by atoms with Crippen molar-refractivity contribution in [2.24, 2.45) is 5.73 Å². The molecule has 6 aliphatic rings. The summed E-state index contributed by atoms with van der Waals surface area (Å²) in [6.07, 6.45) is -2.84. The summed E-state index contributed by atoms with van der Waals surface area (Å²) in [5, 5.41) is 0.452. The van der Waals surface area contributed by atoms with Gasteiger partial charge >= 0.3 is 30.3 Å². The molecule has 2 aromatic carbocycles. The molecule has 4 aromatic heterocycles. The number of carbonyl (C=O) groups is 4. The van der Waals surface area contributed by atoms with Crippen molar-refractivity contribution in [3.63, 3.8) is 0 Å². The predicted octanol–water partition coefficient (Wildman–Crippen LogP) is 8.24. The first-order chi connectivity index (χ1) is 41.9. The van der Waals surface area contributed by atoms with E-state index < -0.39 is 93.6 Å². The van der Waals surface area contributed by atoms with Crippen LogP contribution in [0.25, 0.3) is 44.5 Å². The lowest BCUT2D eigenvalue weighted by Gasteiger charge is -2.37. The fourth-order valence-corrected chi connectivity index (χ4v) is 13.8. The van der Waals surface area contributed by atoms with Gasteiger partial charge in [-0.15, -0.1) is 0 Å². The Morgan fingerprint density at radius 3 is 2.39 bits per heavy atom. The van der Waals surface area contributed by atoms with Crippen molar-refractivity contribution in [3.05, 3.63) is 108 Å². The van der Waals surface area contributed by atoms with Crippen molar-refractivity contribution < 1.29 is 60.1 Å². The molecule has 0 spiro atoms. The number of nitrogens with zero attached hydrogens (tertiary/aromatic N) is 10. The molecule has 5 aliphatic heterocycles. The van der Waals surface area contributed by atoms with Crippen molar-refractivity contribution in [2.45, 2.75) is 109 Å². The molecular formula is C61H64ClF5N12O9. The number of esters is 1. The largest absolute Gasteiger partial charge is 0.462 e. The van der Waals surface area contributed by atoms with E-state index in [9.17, 15) is 37.1 Å². The highest BCUT2D eigenvalue weighted by Gasteiger charge is 2.52. The number of piperazine rings is 1. The minimum absolute atomic E-state index is 0.00543. The van der Waals surface area contributed by atoms with Gasteiger partial charge in [-0.25, -0.2) is 33.1 Å². The van der Waals surface area contributed by atoms with Crippen LogP contribution in [-0.4, -0.2) is 153 Å². The third-order valence-electron chi connectivity index (χ3n) is 18.3. The van der Waals surface area contributed by atoms with E-state index >= 15 is 8.78 Å². The Morgan fingerprint density at radius 1 is 0.932 bits per heavy atom. The van der Waals surface area contributed by atoms with Crippen molar-refractivity contribution >= 4 is 69.1 Å². The van der Waals surface area contributed by atoms with E-state index in [1.54, 1.807) is 24.8 Å². The molecule has 4 N–H and O–H groups in total. The lowest BCUT2D eigenvalue weighted by Crippen LogP contribution is -2.51. The minimum atomic E-state index is -4.95. The molecule has 9 heterocycles.